The highest BCUT2D eigenvalue weighted by Gasteiger charge is 2.27. The smallest absolute Gasteiger partial charge is 0.00534 e. The van der Waals surface area contributed by atoms with Crippen LogP contribution in [0.3, 0.4) is 0 Å². The third-order valence-corrected chi connectivity index (χ3v) is 11.0. The van der Waals surface area contributed by atoms with Crippen molar-refractivity contribution >= 4 is 0 Å². The molecule has 0 spiro atoms. The molecule has 0 bridgehead atoms. The van der Waals surface area contributed by atoms with Crippen LogP contribution in [0.15, 0.2) is 97.2 Å². The van der Waals surface area contributed by atoms with Gasteiger partial charge in [-0.3, -0.25) is 0 Å². The van der Waals surface area contributed by atoms with E-state index in [0.29, 0.717) is 41.4 Å². The Bertz CT molecular complexity index is 991. The summed E-state index contributed by atoms with van der Waals surface area (Å²) in [6, 6.07) is 0. The summed E-state index contributed by atoms with van der Waals surface area (Å²) < 4.78 is 0. The minimum absolute atomic E-state index is 0.0874. The van der Waals surface area contributed by atoms with Gasteiger partial charge >= 0.3 is 0 Å². The van der Waals surface area contributed by atoms with E-state index in [1.54, 1.807) is 0 Å². The first kappa shape index (κ1) is 41.9. The first-order valence-electron chi connectivity index (χ1n) is 17.8. The highest BCUT2D eigenvalue weighted by Crippen LogP contribution is 2.38. The molecule has 7 atom stereocenters. The molecule has 0 aliphatic rings. The van der Waals surface area contributed by atoms with E-state index >= 15 is 0 Å². The van der Waals surface area contributed by atoms with E-state index in [4.69, 9.17) is 0 Å². The molecule has 0 heterocycles. The van der Waals surface area contributed by atoms with Gasteiger partial charge in [0.25, 0.3) is 0 Å². The van der Waals surface area contributed by atoms with Crippen LogP contribution in [-0.4, -0.2) is 0 Å². The van der Waals surface area contributed by atoms with E-state index in [1.807, 2.05) is 6.08 Å². The number of allylic oxidation sites excluding steroid dienone is 11. The molecule has 5 unspecified atom stereocenters. The molecule has 0 fully saturated rings. The predicted molar refractivity (Wildman–Crippen MR) is 204 cm³/mol. The van der Waals surface area contributed by atoms with E-state index in [-0.39, 0.29) is 5.41 Å². The summed E-state index contributed by atoms with van der Waals surface area (Å²) in [6.07, 6.45) is 24.1. The monoisotopic (exact) mass is 603 g/mol. The third kappa shape index (κ3) is 15.8. The topological polar surface area (TPSA) is 0 Å². The molecule has 0 amide bonds. The molecule has 0 N–H and O–H groups in total. The summed E-state index contributed by atoms with van der Waals surface area (Å²) in [6.45, 7) is 46.5. The fraction of sp³-hybridized carbons (Fsp3) is 0.636. The van der Waals surface area contributed by atoms with Crippen molar-refractivity contribution in [2.45, 2.75) is 134 Å². The maximum Gasteiger partial charge on any atom is -0.00534 e. The first-order chi connectivity index (χ1) is 20.5. The summed E-state index contributed by atoms with van der Waals surface area (Å²) in [5, 5.41) is 0. The second-order valence-corrected chi connectivity index (χ2v) is 14.9. The predicted octanol–water partition coefficient (Wildman–Crippen LogP) is 14.5. The Balaban J connectivity index is 4.95. The van der Waals surface area contributed by atoms with Crippen LogP contribution in [0, 0.1) is 46.8 Å². The zero-order valence-corrected chi connectivity index (χ0v) is 31.4. The van der Waals surface area contributed by atoms with Crippen molar-refractivity contribution in [1.29, 1.82) is 0 Å². The van der Waals surface area contributed by atoms with Gasteiger partial charge in [-0.25, -0.2) is 0 Å². The van der Waals surface area contributed by atoms with Gasteiger partial charge in [0.05, 0.1) is 0 Å². The minimum Gasteiger partial charge on any atom is -0.103 e. The Morgan fingerprint density at radius 1 is 0.841 bits per heavy atom. The van der Waals surface area contributed by atoms with Crippen LogP contribution in [0.1, 0.15) is 134 Å². The Labute approximate surface area is 277 Å². The molecule has 0 nitrogen and oxygen atoms in total. The zero-order chi connectivity index (χ0) is 34.0. The molecule has 0 saturated heterocycles. The Morgan fingerprint density at radius 3 is 2.02 bits per heavy atom. The average Bonchev–Trinajstić information content (AvgIpc) is 3.00. The SMILES string of the molecule is C=CC(=C)C(C)(C)C(C)CC[C@H](C=C)CC/C(C)=C/C(/C=C\C(C)[C@@H](C)CC(C)C(=C)CC(C)/C(C)=C/CC(=C)CC)CC. The molecule has 0 aromatic carbocycles. The van der Waals surface area contributed by atoms with Gasteiger partial charge in [0, 0.05) is 0 Å². The molecular formula is C44H74. The van der Waals surface area contributed by atoms with Crippen LogP contribution < -0.4 is 0 Å². The van der Waals surface area contributed by atoms with Crippen molar-refractivity contribution in [1.82, 2.24) is 0 Å². The highest BCUT2D eigenvalue weighted by molar-refractivity contribution is 5.20. The Morgan fingerprint density at radius 2 is 1.48 bits per heavy atom. The van der Waals surface area contributed by atoms with Crippen molar-refractivity contribution in [3.05, 3.63) is 97.2 Å². The molecular weight excluding hydrogens is 528 g/mol. The summed E-state index contributed by atoms with van der Waals surface area (Å²) in [7, 11) is 0. The van der Waals surface area contributed by atoms with Crippen molar-refractivity contribution in [3.63, 3.8) is 0 Å². The fourth-order valence-electron chi connectivity index (χ4n) is 5.81. The summed E-state index contributed by atoms with van der Waals surface area (Å²) in [4.78, 5) is 0. The second kappa shape index (κ2) is 21.6. The molecule has 0 aromatic heterocycles. The maximum absolute atomic E-state index is 4.51. The van der Waals surface area contributed by atoms with Crippen molar-refractivity contribution in [2.24, 2.45) is 46.8 Å². The van der Waals surface area contributed by atoms with Crippen molar-refractivity contribution in [3.8, 4) is 0 Å². The van der Waals surface area contributed by atoms with Crippen molar-refractivity contribution < 1.29 is 0 Å². The van der Waals surface area contributed by atoms with Crippen LogP contribution in [0.25, 0.3) is 0 Å². The van der Waals surface area contributed by atoms with Gasteiger partial charge < -0.3 is 0 Å². The lowest BCUT2D eigenvalue weighted by atomic mass is 9.71. The normalized spacial score (nSPS) is 17.8. The molecule has 0 aromatic rings. The lowest BCUT2D eigenvalue weighted by molar-refractivity contribution is 0.261. The second-order valence-electron chi connectivity index (χ2n) is 14.9. The summed E-state index contributed by atoms with van der Waals surface area (Å²) in [5.41, 5.74) is 6.90. The Kier molecular flexibility index (Phi) is 20.6. The third-order valence-electron chi connectivity index (χ3n) is 11.0. The highest BCUT2D eigenvalue weighted by atomic mass is 14.3. The molecule has 0 aliphatic heterocycles. The minimum atomic E-state index is 0.0874. The standard InChI is InChI=1S/C44H74/c1-17-32(5)21-23-34(7)36(9)30-38(11)39(12)31-37(10)35(8)24-27-43(20-4)29-33(6)22-26-42(19-3)28-25-41(14)44(15,16)40(13)18-2/h18-19,23-24,27,29,35-37,39,41-43H,2-3,5,11,13,17,20-22,25-26,28,30-31H2,1,4,6-10,12,14-16H3/b27-24-,33-29+,34-23+/t35?,36?,37-,39?,41?,42+,43?/m0/s1. The molecule has 44 heavy (non-hydrogen) atoms. The molecule has 0 radical (unpaired) electrons. The van der Waals surface area contributed by atoms with Gasteiger partial charge in [-0.1, -0.05) is 147 Å². The first-order valence-corrected chi connectivity index (χ1v) is 17.8. The van der Waals surface area contributed by atoms with Crippen LogP contribution in [-0.2, 0) is 0 Å². The quantitative estimate of drug-likeness (QED) is 0.0761. The van der Waals surface area contributed by atoms with E-state index < -0.39 is 0 Å². The fourth-order valence-corrected chi connectivity index (χ4v) is 5.81. The van der Waals surface area contributed by atoms with Crippen LogP contribution in [0.2, 0.25) is 0 Å². The van der Waals surface area contributed by atoms with Gasteiger partial charge in [-0.2, -0.15) is 0 Å². The van der Waals surface area contributed by atoms with E-state index in [9.17, 15) is 0 Å². The summed E-state index contributed by atoms with van der Waals surface area (Å²) >= 11 is 0. The lowest BCUT2D eigenvalue weighted by Gasteiger charge is -2.33. The number of hydrogen-bond donors (Lipinski definition) is 0. The van der Waals surface area contributed by atoms with Gasteiger partial charge in [0.2, 0.25) is 0 Å². The molecule has 0 saturated carbocycles. The Hall–Kier alpha value is -2.08. The van der Waals surface area contributed by atoms with Crippen LogP contribution in [0.5, 0.6) is 0 Å². The maximum atomic E-state index is 4.51. The zero-order valence-electron chi connectivity index (χ0n) is 31.4. The molecule has 0 rings (SSSR count). The van der Waals surface area contributed by atoms with E-state index in [0.717, 1.165) is 37.7 Å². The van der Waals surface area contributed by atoms with Crippen LogP contribution in [0.4, 0.5) is 0 Å². The largest absolute Gasteiger partial charge is 0.103 e. The van der Waals surface area contributed by atoms with Crippen LogP contribution >= 0.6 is 0 Å². The molecule has 250 valence electrons. The molecule has 0 heteroatoms. The average molecular weight is 603 g/mol. The van der Waals surface area contributed by atoms with Gasteiger partial charge in [-0.05, 0) is 124 Å². The van der Waals surface area contributed by atoms with E-state index in [1.165, 1.54) is 48.0 Å². The lowest BCUT2D eigenvalue weighted by Crippen LogP contribution is -2.23. The number of rotatable bonds is 24. The van der Waals surface area contributed by atoms with E-state index in [2.05, 4.69) is 139 Å². The molecule has 0 aliphatic carbocycles. The summed E-state index contributed by atoms with van der Waals surface area (Å²) in [5.74, 6) is 3.90. The van der Waals surface area contributed by atoms with Gasteiger partial charge in [0.15, 0.2) is 0 Å². The van der Waals surface area contributed by atoms with Gasteiger partial charge in [0.1, 0.15) is 0 Å². The van der Waals surface area contributed by atoms with Crippen molar-refractivity contribution in [2.75, 3.05) is 0 Å². The van der Waals surface area contributed by atoms with Gasteiger partial charge in [-0.15, -0.1) is 6.58 Å². The number of hydrogen-bond acceptors (Lipinski definition) is 0.